The first-order valence-corrected chi connectivity index (χ1v) is 8.90. The molecule has 1 amide bonds. The van der Waals surface area contributed by atoms with Gasteiger partial charge in [0.15, 0.2) is 17.3 Å². The first-order valence-electron chi connectivity index (χ1n) is 8.90. The van der Waals surface area contributed by atoms with Crippen LogP contribution in [0.5, 0.6) is 11.5 Å². The highest BCUT2D eigenvalue weighted by atomic mass is 19.1. The van der Waals surface area contributed by atoms with Crippen molar-refractivity contribution in [2.45, 2.75) is 13.0 Å². The number of nitrogens with one attached hydrogen (secondary N) is 2. The molecule has 150 valence electrons. The third-order valence-electron chi connectivity index (χ3n) is 4.11. The van der Waals surface area contributed by atoms with Crippen molar-refractivity contribution in [3.8, 4) is 11.5 Å². The molecule has 0 aliphatic carbocycles. The van der Waals surface area contributed by atoms with Gasteiger partial charge >= 0.3 is 0 Å². The Bertz CT molecular complexity index is 980. The number of carbonyl (C=O) groups excluding carboxylic acids is 1. The maximum absolute atomic E-state index is 13.2. The zero-order chi connectivity index (χ0) is 20.6. The van der Waals surface area contributed by atoms with E-state index in [2.05, 4.69) is 20.8 Å². The van der Waals surface area contributed by atoms with Crippen molar-refractivity contribution < 1.29 is 18.7 Å². The molecule has 29 heavy (non-hydrogen) atoms. The van der Waals surface area contributed by atoms with Gasteiger partial charge in [0, 0.05) is 6.54 Å². The van der Waals surface area contributed by atoms with Crippen LogP contribution in [0.25, 0.3) is 0 Å². The molecule has 0 saturated carbocycles. The van der Waals surface area contributed by atoms with E-state index in [1.807, 2.05) is 18.2 Å². The average Bonchev–Trinajstić information content (AvgIpc) is 2.73. The number of ether oxygens (including phenoxy) is 2. The van der Waals surface area contributed by atoms with E-state index >= 15 is 0 Å². The summed E-state index contributed by atoms with van der Waals surface area (Å²) in [7, 11) is 3.17. The van der Waals surface area contributed by atoms with Crippen molar-refractivity contribution in [2.75, 3.05) is 24.9 Å². The van der Waals surface area contributed by atoms with Crippen LogP contribution in [-0.2, 0) is 17.8 Å². The highest BCUT2D eigenvalue weighted by Crippen LogP contribution is 2.27. The van der Waals surface area contributed by atoms with Gasteiger partial charge in [-0.2, -0.15) is 0 Å². The van der Waals surface area contributed by atoms with E-state index in [-0.39, 0.29) is 18.1 Å². The van der Waals surface area contributed by atoms with Gasteiger partial charge in [-0.15, -0.1) is 10.2 Å². The number of rotatable bonds is 8. The Balaban J connectivity index is 1.54. The second-order valence-electron chi connectivity index (χ2n) is 6.20. The number of benzene rings is 2. The summed E-state index contributed by atoms with van der Waals surface area (Å²) in [5.74, 6) is 1.52. The lowest BCUT2D eigenvalue weighted by Crippen LogP contribution is -2.16. The Hall–Kier alpha value is -3.68. The monoisotopic (exact) mass is 396 g/mol. The number of carbonyl (C=O) groups is 1. The fourth-order valence-electron chi connectivity index (χ4n) is 2.70. The molecule has 2 aromatic carbocycles. The molecule has 8 heteroatoms. The van der Waals surface area contributed by atoms with Crippen LogP contribution in [0.1, 0.15) is 11.1 Å². The van der Waals surface area contributed by atoms with E-state index in [0.29, 0.717) is 35.2 Å². The predicted molar refractivity (Wildman–Crippen MR) is 108 cm³/mol. The van der Waals surface area contributed by atoms with Crippen LogP contribution in [-0.4, -0.2) is 30.3 Å². The Morgan fingerprint density at radius 2 is 1.69 bits per heavy atom. The first-order chi connectivity index (χ1) is 14.1. The number of hydrogen-bond donors (Lipinski definition) is 2. The summed E-state index contributed by atoms with van der Waals surface area (Å²) in [4.78, 5) is 12.1. The zero-order valence-corrected chi connectivity index (χ0v) is 16.1. The molecule has 3 aromatic rings. The number of methoxy groups -OCH3 is 2. The van der Waals surface area contributed by atoms with Crippen molar-refractivity contribution in [2.24, 2.45) is 0 Å². The minimum Gasteiger partial charge on any atom is -0.493 e. The lowest BCUT2D eigenvalue weighted by molar-refractivity contribution is -0.115. The molecule has 0 aliphatic heterocycles. The fraction of sp³-hybridized carbons (Fsp3) is 0.190. The lowest BCUT2D eigenvalue weighted by atomic mass is 10.1. The SMILES string of the molecule is COc1ccc(CNc2ccc(NC(=O)Cc3cccc(F)c3)nn2)cc1OC. The fourth-order valence-corrected chi connectivity index (χ4v) is 2.70. The molecule has 0 bridgehead atoms. The molecule has 0 fully saturated rings. The number of nitrogens with zero attached hydrogens (tertiary/aromatic N) is 2. The molecule has 0 radical (unpaired) electrons. The maximum Gasteiger partial charge on any atom is 0.229 e. The van der Waals surface area contributed by atoms with Gasteiger partial charge in [-0.05, 0) is 47.5 Å². The Morgan fingerprint density at radius 1 is 0.931 bits per heavy atom. The molecule has 3 rings (SSSR count). The number of amides is 1. The van der Waals surface area contributed by atoms with Gasteiger partial charge in [0.25, 0.3) is 0 Å². The predicted octanol–water partition coefficient (Wildman–Crippen LogP) is 3.43. The Labute approximate surface area is 167 Å². The van der Waals surface area contributed by atoms with Crippen LogP contribution in [0.3, 0.4) is 0 Å². The number of hydrogen-bond acceptors (Lipinski definition) is 6. The second-order valence-corrected chi connectivity index (χ2v) is 6.20. The molecular weight excluding hydrogens is 375 g/mol. The lowest BCUT2D eigenvalue weighted by Gasteiger charge is -2.10. The van der Waals surface area contributed by atoms with Crippen molar-refractivity contribution in [3.05, 3.63) is 71.5 Å². The first kappa shape index (κ1) is 20.1. The van der Waals surface area contributed by atoms with Gasteiger partial charge in [0.05, 0.1) is 20.6 Å². The summed E-state index contributed by atoms with van der Waals surface area (Å²) in [6, 6.07) is 14.9. The van der Waals surface area contributed by atoms with Crippen LogP contribution < -0.4 is 20.1 Å². The third kappa shape index (κ3) is 5.65. The second kappa shape index (κ2) is 9.50. The standard InChI is InChI=1S/C21H21FN4O3/c1-28-17-7-6-15(11-18(17)29-2)13-23-19-8-9-20(26-25-19)24-21(27)12-14-4-3-5-16(22)10-14/h3-11H,12-13H2,1-2H3,(H,23,25)(H,24,26,27). The van der Waals surface area contributed by atoms with E-state index in [0.717, 1.165) is 5.56 Å². The van der Waals surface area contributed by atoms with E-state index in [4.69, 9.17) is 9.47 Å². The van der Waals surface area contributed by atoms with Gasteiger partial charge in [0.2, 0.25) is 5.91 Å². The highest BCUT2D eigenvalue weighted by Gasteiger charge is 2.07. The van der Waals surface area contributed by atoms with Gasteiger partial charge in [-0.3, -0.25) is 4.79 Å². The van der Waals surface area contributed by atoms with Crippen molar-refractivity contribution in [3.63, 3.8) is 0 Å². The minimum absolute atomic E-state index is 0.0543. The number of aromatic nitrogens is 2. The normalized spacial score (nSPS) is 10.3. The van der Waals surface area contributed by atoms with Gasteiger partial charge in [-0.1, -0.05) is 18.2 Å². The van der Waals surface area contributed by atoms with Crippen LogP contribution in [0.15, 0.2) is 54.6 Å². The Morgan fingerprint density at radius 3 is 2.38 bits per heavy atom. The molecule has 0 aliphatic rings. The van der Waals surface area contributed by atoms with E-state index in [9.17, 15) is 9.18 Å². The van der Waals surface area contributed by atoms with Crippen LogP contribution >= 0.6 is 0 Å². The summed E-state index contributed by atoms with van der Waals surface area (Å²) in [5.41, 5.74) is 1.57. The summed E-state index contributed by atoms with van der Waals surface area (Å²) < 4.78 is 23.7. The molecule has 0 saturated heterocycles. The quantitative estimate of drug-likeness (QED) is 0.607. The van der Waals surface area contributed by atoms with Gasteiger partial charge in [0.1, 0.15) is 11.6 Å². The smallest absolute Gasteiger partial charge is 0.229 e. The number of anilines is 2. The zero-order valence-electron chi connectivity index (χ0n) is 16.1. The Kier molecular flexibility index (Phi) is 6.57. The molecular formula is C21H21FN4O3. The summed E-state index contributed by atoms with van der Waals surface area (Å²) in [5, 5.41) is 13.8. The maximum atomic E-state index is 13.2. The van der Waals surface area contributed by atoms with Gasteiger partial charge < -0.3 is 20.1 Å². The minimum atomic E-state index is -0.375. The average molecular weight is 396 g/mol. The highest BCUT2D eigenvalue weighted by molar-refractivity contribution is 5.91. The molecule has 0 spiro atoms. The van der Waals surface area contributed by atoms with Crippen LogP contribution in [0.2, 0.25) is 0 Å². The summed E-state index contributed by atoms with van der Waals surface area (Å²) in [6.45, 7) is 0.514. The van der Waals surface area contributed by atoms with E-state index < -0.39 is 0 Å². The van der Waals surface area contributed by atoms with Crippen molar-refractivity contribution in [1.29, 1.82) is 0 Å². The van der Waals surface area contributed by atoms with Crippen molar-refractivity contribution in [1.82, 2.24) is 10.2 Å². The van der Waals surface area contributed by atoms with E-state index in [1.54, 1.807) is 38.5 Å². The van der Waals surface area contributed by atoms with Crippen LogP contribution in [0.4, 0.5) is 16.0 Å². The van der Waals surface area contributed by atoms with Crippen LogP contribution in [0, 0.1) is 5.82 Å². The molecule has 1 heterocycles. The molecule has 0 unspecified atom stereocenters. The third-order valence-corrected chi connectivity index (χ3v) is 4.11. The van der Waals surface area contributed by atoms with Crippen molar-refractivity contribution >= 4 is 17.5 Å². The largest absolute Gasteiger partial charge is 0.493 e. The van der Waals surface area contributed by atoms with E-state index in [1.165, 1.54) is 12.1 Å². The number of halogens is 1. The molecule has 2 N–H and O–H groups in total. The molecule has 0 atom stereocenters. The molecule has 7 nitrogen and oxygen atoms in total. The summed E-state index contributed by atoms with van der Waals surface area (Å²) >= 11 is 0. The molecule has 1 aromatic heterocycles. The van der Waals surface area contributed by atoms with Gasteiger partial charge in [-0.25, -0.2) is 4.39 Å². The topological polar surface area (TPSA) is 85.4 Å². The summed E-state index contributed by atoms with van der Waals surface area (Å²) in [6.07, 6.45) is 0.0543.